The highest BCUT2D eigenvalue weighted by molar-refractivity contribution is 9.10. The number of fused-ring (bicyclic) bond motifs is 1. The van der Waals surface area contributed by atoms with Crippen LogP contribution in [0.25, 0.3) is 0 Å². The highest BCUT2D eigenvalue weighted by Crippen LogP contribution is 2.40. The first-order valence-electron chi connectivity index (χ1n) is 5.50. The molecular weight excluding hydrogens is 304 g/mol. The minimum atomic E-state index is -1.09. The summed E-state index contributed by atoms with van der Waals surface area (Å²) in [5.41, 5.74) is 0.487. The lowest BCUT2D eigenvalue weighted by atomic mass is 9.97. The molecule has 18 heavy (non-hydrogen) atoms. The van der Waals surface area contributed by atoms with Gasteiger partial charge < -0.3 is 19.7 Å². The van der Waals surface area contributed by atoms with Crippen molar-refractivity contribution in [2.45, 2.75) is 13.0 Å². The van der Waals surface area contributed by atoms with Crippen molar-refractivity contribution in [3.8, 4) is 11.5 Å². The third kappa shape index (κ3) is 2.44. The van der Waals surface area contributed by atoms with Crippen molar-refractivity contribution >= 4 is 21.9 Å². The lowest BCUT2D eigenvalue weighted by Gasteiger charge is -2.22. The normalized spacial score (nSPS) is 17.1. The lowest BCUT2D eigenvalue weighted by Crippen LogP contribution is -2.20. The number of hydrogen-bond acceptors (Lipinski definition) is 4. The van der Waals surface area contributed by atoms with Gasteiger partial charge in [-0.3, -0.25) is 4.79 Å². The van der Waals surface area contributed by atoms with Crippen LogP contribution in [-0.2, 0) is 4.79 Å². The summed E-state index contributed by atoms with van der Waals surface area (Å²) < 4.78 is 11.5. The topological polar surface area (TPSA) is 76.0 Å². The van der Waals surface area contributed by atoms with E-state index in [0.717, 1.165) is 0 Å². The average Bonchev–Trinajstić information content (AvgIpc) is 2.36. The van der Waals surface area contributed by atoms with Gasteiger partial charge in [-0.1, -0.05) is 0 Å². The van der Waals surface area contributed by atoms with Crippen molar-refractivity contribution < 1.29 is 24.5 Å². The molecule has 0 spiro atoms. The Kier molecular flexibility index (Phi) is 3.77. The second-order valence-corrected chi connectivity index (χ2v) is 4.95. The summed E-state index contributed by atoms with van der Waals surface area (Å²) in [6.07, 6.45) is -1.09. The number of benzene rings is 1. The van der Waals surface area contributed by atoms with Crippen molar-refractivity contribution in [1.29, 1.82) is 0 Å². The fourth-order valence-corrected chi connectivity index (χ4v) is 2.30. The molecule has 1 aromatic carbocycles. The predicted octanol–water partition coefficient (Wildman–Crippen LogP) is 1.97. The fourth-order valence-electron chi connectivity index (χ4n) is 1.73. The van der Waals surface area contributed by atoms with E-state index in [2.05, 4.69) is 15.9 Å². The molecule has 0 saturated heterocycles. The van der Waals surface area contributed by atoms with Crippen LogP contribution in [0.3, 0.4) is 0 Å². The predicted molar refractivity (Wildman–Crippen MR) is 66.9 cm³/mol. The van der Waals surface area contributed by atoms with Gasteiger partial charge in [-0.15, -0.1) is 0 Å². The SMILES string of the molecule is CC(C(=O)O)C(O)c1cc(Br)c2c(c1)OCCO2. The summed E-state index contributed by atoms with van der Waals surface area (Å²) in [7, 11) is 0. The Morgan fingerprint density at radius 2 is 2.06 bits per heavy atom. The van der Waals surface area contributed by atoms with Gasteiger partial charge in [-0.05, 0) is 40.5 Å². The van der Waals surface area contributed by atoms with E-state index in [4.69, 9.17) is 14.6 Å². The Balaban J connectivity index is 2.35. The maximum absolute atomic E-state index is 10.9. The first-order chi connectivity index (χ1) is 8.50. The van der Waals surface area contributed by atoms with Gasteiger partial charge in [0.25, 0.3) is 0 Å². The molecule has 6 heteroatoms. The quantitative estimate of drug-likeness (QED) is 0.891. The first-order valence-corrected chi connectivity index (χ1v) is 6.30. The maximum atomic E-state index is 10.9. The number of ether oxygens (including phenoxy) is 2. The summed E-state index contributed by atoms with van der Waals surface area (Å²) >= 11 is 3.32. The first kappa shape index (κ1) is 13.2. The van der Waals surface area contributed by atoms with E-state index in [9.17, 15) is 9.90 Å². The molecule has 2 unspecified atom stereocenters. The molecule has 1 aromatic rings. The Morgan fingerprint density at radius 3 is 2.72 bits per heavy atom. The number of hydrogen-bond donors (Lipinski definition) is 2. The van der Waals surface area contributed by atoms with Crippen LogP contribution in [-0.4, -0.2) is 29.4 Å². The van der Waals surface area contributed by atoms with Crippen LogP contribution in [0.1, 0.15) is 18.6 Å². The van der Waals surface area contributed by atoms with E-state index in [0.29, 0.717) is 34.7 Å². The Hall–Kier alpha value is -1.27. The highest BCUT2D eigenvalue weighted by atomic mass is 79.9. The van der Waals surface area contributed by atoms with Crippen LogP contribution in [0.4, 0.5) is 0 Å². The highest BCUT2D eigenvalue weighted by Gasteiger charge is 2.26. The molecule has 0 saturated carbocycles. The van der Waals surface area contributed by atoms with Crippen LogP contribution in [0, 0.1) is 5.92 Å². The average molecular weight is 317 g/mol. The fraction of sp³-hybridized carbons (Fsp3) is 0.417. The molecule has 0 amide bonds. The van der Waals surface area contributed by atoms with Crippen LogP contribution in [0.2, 0.25) is 0 Å². The molecular formula is C12H13BrO5. The minimum Gasteiger partial charge on any atom is -0.486 e. The van der Waals surface area contributed by atoms with Gasteiger partial charge >= 0.3 is 5.97 Å². The van der Waals surface area contributed by atoms with E-state index in [1.54, 1.807) is 12.1 Å². The zero-order chi connectivity index (χ0) is 13.3. The molecule has 5 nitrogen and oxygen atoms in total. The van der Waals surface area contributed by atoms with Crippen LogP contribution >= 0.6 is 15.9 Å². The Morgan fingerprint density at radius 1 is 1.39 bits per heavy atom. The molecule has 2 N–H and O–H groups in total. The molecule has 2 rings (SSSR count). The van der Waals surface area contributed by atoms with Gasteiger partial charge in [-0.25, -0.2) is 0 Å². The van der Waals surface area contributed by atoms with Gasteiger partial charge in [0.15, 0.2) is 11.5 Å². The number of carboxylic acids is 1. The van der Waals surface area contributed by atoms with Gasteiger partial charge in [-0.2, -0.15) is 0 Å². The molecule has 98 valence electrons. The smallest absolute Gasteiger partial charge is 0.309 e. The minimum absolute atomic E-state index is 0.438. The number of halogens is 1. The van der Waals surface area contributed by atoms with Crippen molar-refractivity contribution in [3.63, 3.8) is 0 Å². The molecule has 0 aliphatic carbocycles. The summed E-state index contributed by atoms with van der Waals surface area (Å²) in [5, 5.41) is 18.9. The lowest BCUT2D eigenvalue weighted by molar-refractivity contribution is -0.145. The number of aliphatic hydroxyl groups is 1. The van der Waals surface area contributed by atoms with Crippen LogP contribution in [0.15, 0.2) is 16.6 Å². The van der Waals surface area contributed by atoms with Crippen molar-refractivity contribution in [2.24, 2.45) is 5.92 Å². The van der Waals surface area contributed by atoms with Gasteiger partial charge in [0.2, 0.25) is 0 Å². The molecule has 0 radical (unpaired) electrons. The number of aliphatic carboxylic acids is 1. The van der Waals surface area contributed by atoms with Gasteiger partial charge in [0.1, 0.15) is 13.2 Å². The summed E-state index contributed by atoms with van der Waals surface area (Å²) in [6, 6.07) is 3.26. The van der Waals surface area contributed by atoms with Gasteiger partial charge in [0.05, 0.1) is 16.5 Å². The molecule has 1 aliphatic rings. The summed E-state index contributed by atoms with van der Waals surface area (Å²) in [5.74, 6) is -0.838. The van der Waals surface area contributed by atoms with E-state index in [1.165, 1.54) is 6.92 Å². The summed E-state index contributed by atoms with van der Waals surface area (Å²) in [6.45, 7) is 2.37. The van der Waals surface area contributed by atoms with E-state index in [-0.39, 0.29) is 0 Å². The van der Waals surface area contributed by atoms with E-state index >= 15 is 0 Å². The van der Waals surface area contributed by atoms with Crippen molar-refractivity contribution in [2.75, 3.05) is 13.2 Å². The molecule has 0 fully saturated rings. The number of rotatable bonds is 3. The Labute approximate surface area is 112 Å². The second-order valence-electron chi connectivity index (χ2n) is 4.10. The number of aliphatic hydroxyl groups excluding tert-OH is 1. The Bertz CT molecular complexity index is 474. The third-order valence-corrected chi connectivity index (χ3v) is 3.41. The molecule has 1 aliphatic heterocycles. The van der Waals surface area contributed by atoms with Crippen molar-refractivity contribution in [3.05, 3.63) is 22.2 Å². The molecule has 2 atom stereocenters. The molecule has 0 aromatic heterocycles. The zero-order valence-corrected chi connectivity index (χ0v) is 11.3. The van der Waals surface area contributed by atoms with E-state index < -0.39 is 18.0 Å². The summed E-state index contributed by atoms with van der Waals surface area (Å²) in [4.78, 5) is 10.9. The van der Waals surface area contributed by atoms with Gasteiger partial charge in [0, 0.05) is 0 Å². The third-order valence-electron chi connectivity index (χ3n) is 2.82. The standard InChI is InChI=1S/C12H13BrO5/c1-6(12(15)16)10(14)7-4-8(13)11-9(5-7)17-2-3-18-11/h4-6,10,14H,2-3H2,1H3,(H,15,16). The largest absolute Gasteiger partial charge is 0.486 e. The zero-order valence-electron chi connectivity index (χ0n) is 9.72. The second kappa shape index (κ2) is 5.16. The molecule has 0 bridgehead atoms. The van der Waals surface area contributed by atoms with E-state index in [1.807, 2.05) is 0 Å². The maximum Gasteiger partial charge on any atom is 0.309 e. The van der Waals surface area contributed by atoms with Crippen LogP contribution in [0.5, 0.6) is 11.5 Å². The van der Waals surface area contributed by atoms with Crippen LogP contribution < -0.4 is 9.47 Å². The number of carbonyl (C=O) groups is 1. The molecule has 1 heterocycles. The number of carboxylic acid groups (broad SMARTS) is 1. The van der Waals surface area contributed by atoms with Crippen molar-refractivity contribution in [1.82, 2.24) is 0 Å². The monoisotopic (exact) mass is 316 g/mol.